The van der Waals surface area contributed by atoms with Crippen LogP contribution in [0, 0.1) is 24.2 Å². The first-order chi connectivity index (χ1) is 14.1. The average molecular weight is 418 g/mol. The third kappa shape index (κ3) is 6.29. The van der Waals surface area contributed by atoms with Gasteiger partial charge in [0.05, 0.1) is 17.8 Å². The third-order valence-electron chi connectivity index (χ3n) is 4.59. The molecule has 1 heterocycles. The maximum atomic E-state index is 13.8. The Morgan fingerprint density at radius 3 is 2.40 bits per heavy atom. The molecule has 1 aromatic carbocycles. The van der Waals surface area contributed by atoms with Crippen LogP contribution in [0.25, 0.3) is 11.3 Å². The zero-order valence-corrected chi connectivity index (χ0v) is 17.1. The molecule has 8 heteroatoms. The van der Waals surface area contributed by atoms with Gasteiger partial charge in [-0.25, -0.2) is 0 Å². The van der Waals surface area contributed by atoms with E-state index >= 15 is 0 Å². The van der Waals surface area contributed by atoms with E-state index in [0.29, 0.717) is 11.3 Å². The van der Waals surface area contributed by atoms with Crippen molar-refractivity contribution < 1.29 is 18.0 Å². The molecular weight excluding hydrogens is 393 g/mol. The molecule has 0 aliphatic carbocycles. The van der Waals surface area contributed by atoms with Gasteiger partial charge in [0.15, 0.2) is 0 Å². The number of aryl methyl sites for hydroxylation is 1. The molecule has 0 fully saturated rings. The maximum Gasteiger partial charge on any atom is 0.407 e. The number of halogens is 3. The third-order valence-corrected chi connectivity index (χ3v) is 4.59. The van der Waals surface area contributed by atoms with Gasteiger partial charge >= 0.3 is 6.18 Å². The first kappa shape index (κ1) is 23.4. The van der Waals surface area contributed by atoms with Gasteiger partial charge in [-0.3, -0.25) is 15.1 Å². The van der Waals surface area contributed by atoms with Crippen LogP contribution in [0.5, 0.6) is 0 Å². The van der Waals surface area contributed by atoms with Crippen LogP contribution in [-0.4, -0.2) is 29.7 Å². The number of hydrogen-bond acceptors (Lipinski definition) is 4. The second kappa shape index (κ2) is 10.2. The van der Waals surface area contributed by atoms with Gasteiger partial charge in [-0.2, -0.15) is 18.4 Å². The number of carbonyl (C=O) groups is 1. The van der Waals surface area contributed by atoms with Crippen molar-refractivity contribution in [2.24, 2.45) is 5.92 Å². The Bertz CT molecular complexity index is 888. The highest BCUT2D eigenvalue weighted by atomic mass is 19.4. The molecule has 0 spiro atoms. The topological polar surface area (TPSA) is 77.8 Å². The summed E-state index contributed by atoms with van der Waals surface area (Å²) in [6.45, 7) is 5.26. The van der Waals surface area contributed by atoms with Crippen LogP contribution in [-0.2, 0) is 4.79 Å². The van der Waals surface area contributed by atoms with Crippen LogP contribution < -0.4 is 10.6 Å². The van der Waals surface area contributed by atoms with Crippen molar-refractivity contribution in [2.45, 2.75) is 45.5 Å². The summed E-state index contributed by atoms with van der Waals surface area (Å²) in [5.41, 5.74) is 2.33. The lowest BCUT2D eigenvalue weighted by Gasteiger charge is -2.28. The van der Waals surface area contributed by atoms with E-state index in [9.17, 15) is 18.0 Å². The van der Waals surface area contributed by atoms with E-state index in [1.54, 1.807) is 30.5 Å². The number of alkyl halides is 3. The van der Waals surface area contributed by atoms with Gasteiger partial charge < -0.3 is 5.32 Å². The number of amides is 1. The fourth-order valence-corrected chi connectivity index (χ4v) is 3.17. The molecule has 2 aromatic rings. The average Bonchev–Trinajstić information content (AvgIpc) is 2.68. The molecule has 0 saturated carbocycles. The smallest absolute Gasteiger partial charge is 0.342 e. The zero-order chi connectivity index (χ0) is 22.3. The highest BCUT2D eigenvalue weighted by Crippen LogP contribution is 2.34. The molecule has 0 radical (unpaired) electrons. The molecular formula is C22H25F3N4O. The van der Waals surface area contributed by atoms with E-state index in [1.165, 1.54) is 12.1 Å². The van der Waals surface area contributed by atoms with Crippen LogP contribution >= 0.6 is 0 Å². The second-order valence-electron chi connectivity index (χ2n) is 7.49. The van der Waals surface area contributed by atoms with Crippen molar-refractivity contribution in [3.05, 3.63) is 53.7 Å². The van der Waals surface area contributed by atoms with Crippen LogP contribution in [0.15, 0.2) is 42.6 Å². The molecule has 0 saturated heterocycles. The van der Waals surface area contributed by atoms with E-state index in [0.717, 1.165) is 5.56 Å². The number of nitrogens with one attached hydrogen (secondary N) is 2. The monoisotopic (exact) mass is 418 g/mol. The molecule has 5 nitrogen and oxygen atoms in total. The summed E-state index contributed by atoms with van der Waals surface area (Å²) < 4.78 is 41.5. The van der Waals surface area contributed by atoms with E-state index in [1.807, 2.05) is 26.8 Å². The lowest BCUT2D eigenvalue weighted by atomic mass is 9.98. The number of hydrogen-bond donors (Lipinski definition) is 2. The lowest BCUT2D eigenvalue weighted by molar-refractivity contribution is -0.161. The van der Waals surface area contributed by atoms with Crippen molar-refractivity contribution >= 4 is 5.91 Å². The minimum absolute atomic E-state index is 0.00155. The van der Waals surface area contributed by atoms with E-state index in [-0.39, 0.29) is 24.4 Å². The first-order valence-corrected chi connectivity index (χ1v) is 9.62. The SMILES string of the molecule is Cc1cccnc1-c1ccc([C@H](N[C@@H](CC(C)C)C(=O)NCC#N)C(F)(F)F)cc1. The number of nitrogens with zero attached hydrogens (tertiary/aromatic N) is 2. The number of pyridine rings is 1. The summed E-state index contributed by atoms with van der Waals surface area (Å²) in [4.78, 5) is 16.6. The zero-order valence-electron chi connectivity index (χ0n) is 17.1. The summed E-state index contributed by atoms with van der Waals surface area (Å²) in [5, 5.41) is 13.4. The van der Waals surface area contributed by atoms with Crippen LogP contribution in [0.3, 0.4) is 0 Å². The van der Waals surface area contributed by atoms with Gasteiger partial charge in [0.2, 0.25) is 5.91 Å². The number of benzene rings is 1. The molecule has 0 aliphatic rings. The summed E-state index contributed by atoms with van der Waals surface area (Å²) in [6, 6.07) is 8.32. The minimum atomic E-state index is -4.60. The molecule has 0 unspecified atom stereocenters. The van der Waals surface area contributed by atoms with E-state index in [4.69, 9.17) is 5.26 Å². The molecule has 2 rings (SSSR count). The Labute approximate surface area is 174 Å². The predicted molar refractivity (Wildman–Crippen MR) is 108 cm³/mol. The highest BCUT2D eigenvalue weighted by molar-refractivity contribution is 5.82. The van der Waals surface area contributed by atoms with E-state index in [2.05, 4.69) is 15.6 Å². The van der Waals surface area contributed by atoms with Crippen molar-refractivity contribution in [3.8, 4) is 17.3 Å². The molecule has 1 amide bonds. The normalized spacial score (nSPS) is 13.5. The summed E-state index contributed by atoms with van der Waals surface area (Å²) >= 11 is 0. The van der Waals surface area contributed by atoms with Gasteiger partial charge in [-0.15, -0.1) is 0 Å². The Hall–Kier alpha value is -2.92. The summed E-state index contributed by atoms with van der Waals surface area (Å²) in [7, 11) is 0. The number of rotatable bonds is 8. The van der Waals surface area contributed by atoms with Gasteiger partial charge in [0, 0.05) is 11.8 Å². The highest BCUT2D eigenvalue weighted by Gasteiger charge is 2.42. The summed E-state index contributed by atoms with van der Waals surface area (Å²) in [6.07, 6.45) is -2.77. The molecule has 0 aliphatic heterocycles. The molecule has 1 aromatic heterocycles. The fourth-order valence-electron chi connectivity index (χ4n) is 3.17. The van der Waals surface area contributed by atoms with Crippen LogP contribution in [0.1, 0.15) is 37.4 Å². The molecule has 0 bridgehead atoms. The van der Waals surface area contributed by atoms with Gasteiger partial charge in [0.1, 0.15) is 12.6 Å². The van der Waals surface area contributed by atoms with Gasteiger partial charge in [0.25, 0.3) is 0 Å². The lowest BCUT2D eigenvalue weighted by Crippen LogP contribution is -2.49. The number of aromatic nitrogens is 1. The van der Waals surface area contributed by atoms with E-state index < -0.39 is 24.2 Å². The van der Waals surface area contributed by atoms with Gasteiger partial charge in [-0.05, 0) is 36.5 Å². The molecule has 30 heavy (non-hydrogen) atoms. The van der Waals surface area contributed by atoms with Crippen LogP contribution in [0.2, 0.25) is 0 Å². The Morgan fingerprint density at radius 1 is 1.20 bits per heavy atom. The largest absolute Gasteiger partial charge is 0.407 e. The van der Waals surface area contributed by atoms with Crippen molar-refractivity contribution in [3.63, 3.8) is 0 Å². The number of nitriles is 1. The standard InChI is InChI=1S/C22H25F3N4O/c1-14(2)13-18(21(30)28-12-10-26)29-20(22(23,24)25)17-8-6-16(7-9-17)19-15(3)5-4-11-27-19/h4-9,11,14,18,20,29H,12-13H2,1-3H3,(H,28,30)/t18-,20-/m0/s1. The Balaban J connectivity index is 2.31. The fraction of sp³-hybridized carbons (Fsp3) is 0.409. The van der Waals surface area contributed by atoms with Crippen molar-refractivity contribution in [2.75, 3.05) is 6.54 Å². The predicted octanol–water partition coefficient (Wildman–Crippen LogP) is 4.30. The quantitative estimate of drug-likeness (QED) is 0.627. The van der Waals surface area contributed by atoms with Crippen LogP contribution in [0.4, 0.5) is 13.2 Å². The minimum Gasteiger partial charge on any atom is -0.342 e. The Morgan fingerprint density at radius 2 is 1.87 bits per heavy atom. The van der Waals surface area contributed by atoms with Crippen molar-refractivity contribution in [1.29, 1.82) is 5.26 Å². The Kier molecular flexibility index (Phi) is 7.95. The van der Waals surface area contributed by atoms with Crippen molar-refractivity contribution in [1.82, 2.24) is 15.6 Å². The summed E-state index contributed by atoms with van der Waals surface area (Å²) in [5.74, 6) is -0.640. The molecule has 160 valence electrons. The van der Waals surface area contributed by atoms with Gasteiger partial charge in [-0.1, -0.05) is 44.2 Å². The number of carbonyl (C=O) groups excluding carboxylic acids is 1. The maximum absolute atomic E-state index is 13.8. The molecule has 2 atom stereocenters. The second-order valence-corrected chi connectivity index (χ2v) is 7.49. The first-order valence-electron chi connectivity index (χ1n) is 9.62. The molecule has 2 N–H and O–H groups in total.